The first-order valence-electron chi connectivity index (χ1n) is 4.00. The zero-order valence-corrected chi connectivity index (χ0v) is 11.8. The van der Waals surface area contributed by atoms with Crippen LogP contribution in [0.5, 0.6) is 0 Å². The zero-order valence-electron chi connectivity index (χ0n) is 7.31. The van der Waals surface area contributed by atoms with Gasteiger partial charge in [-0.05, 0) is 63.1 Å². The first-order chi connectivity index (χ1) is 6.61. The third kappa shape index (κ3) is 1.66. The summed E-state index contributed by atoms with van der Waals surface area (Å²) in [7, 11) is 0. The second-order valence-electron chi connectivity index (χ2n) is 3.01. The number of fused-ring (bicyclic) bond motifs is 1. The van der Waals surface area contributed by atoms with Gasteiger partial charge in [0.2, 0.25) is 0 Å². The molecule has 0 atom stereocenters. The van der Waals surface area contributed by atoms with Crippen LogP contribution in [0.2, 0.25) is 5.02 Å². The summed E-state index contributed by atoms with van der Waals surface area (Å²) >= 11 is 12.0. The lowest BCUT2D eigenvalue weighted by atomic mass is 10.2. The van der Waals surface area contributed by atoms with Crippen molar-refractivity contribution in [2.24, 2.45) is 0 Å². The molecule has 0 radical (unpaired) electrons. The number of aryl methyl sites for hydroxylation is 1. The highest BCUT2D eigenvalue weighted by atomic mass is 127. The van der Waals surface area contributed by atoms with E-state index in [0.717, 1.165) is 29.5 Å². The molecule has 0 aliphatic heterocycles. The first-order valence-corrected chi connectivity index (χ1v) is 6.25. The van der Waals surface area contributed by atoms with Gasteiger partial charge in [-0.25, -0.2) is 0 Å². The van der Waals surface area contributed by atoms with Gasteiger partial charge < -0.3 is 0 Å². The predicted octanol–water partition coefficient (Wildman–Crippen LogP) is 4.56. The van der Waals surface area contributed by atoms with Gasteiger partial charge in [0.05, 0.1) is 10.5 Å². The molecule has 2 aromatic rings. The van der Waals surface area contributed by atoms with Crippen LogP contribution in [0.4, 0.5) is 0 Å². The van der Waals surface area contributed by atoms with Gasteiger partial charge in [-0.3, -0.25) is 4.98 Å². The maximum Gasteiger partial charge on any atom is 0.0869 e. The number of nitrogens with zero attached hydrogens (tertiary/aromatic N) is 1. The quantitative estimate of drug-likeness (QED) is 0.609. The molecule has 0 bridgehead atoms. The molecular formula is C10H6BrClIN. The largest absolute Gasteiger partial charge is 0.255 e. The van der Waals surface area contributed by atoms with Crippen LogP contribution in [0, 0.1) is 10.5 Å². The average Bonchev–Trinajstić information content (AvgIpc) is 2.16. The topological polar surface area (TPSA) is 12.9 Å². The number of halogens is 3. The highest BCUT2D eigenvalue weighted by molar-refractivity contribution is 14.1. The monoisotopic (exact) mass is 381 g/mol. The van der Waals surface area contributed by atoms with Crippen LogP contribution >= 0.6 is 50.1 Å². The lowest BCUT2D eigenvalue weighted by Crippen LogP contribution is -1.88. The summed E-state index contributed by atoms with van der Waals surface area (Å²) in [6.45, 7) is 1.96. The molecular weight excluding hydrogens is 376 g/mol. The SMILES string of the molecule is Cc1cnc2c(Br)ccc(I)c2c1Cl. The zero-order chi connectivity index (χ0) is 10.3. The third-order valence-corrected chi connectivity index (χ3v) is 4.06. The van der Waals surface area contributed by atoms with Crippen molar-refractivity contribution in [3.05, 3.63) is 37.0 Å². The summed E-state index contributed by atoms with van der Waals surface area (Å²) in [5, 5.41) is 1.82. The number of rotatable bonds is 0. The number of aromatic nitrogens is 1. The van der Waals surface area contributed by atoms with Gasteiger partial charge >= 0.3 is 0 Å². The Morgan fingerprint density at radius 3 is 2.86 bits per heavy atom. The van der Waals surface area contributed by atoms with Gasteiger partial charge in [0.15, 0.2) is 0 Å². The fourth-order valence-corrected chi connectivity index (χ4v) is 2.83. The Balaban J connectivity index is 3.01. The maximum atomic E-state index is 6.24. The summed E-state index contributed by atoms with van der Waals surface area (Å²) in [6.07, 6.45) is 1.80. The molecule has 1 aromatic heterocycles. The number of pyridine rings is 1. The fourth-order valence-electron chi connectivity index (χ4n) is 1.29. The lowest BCUT2D eigenvalue weighted by Gasteiger charge is -2.06. The third-order valence-electron chi connectivity index (χ3n) is 2.03. The summed E-state index contributed by atoms with van der Waals surface area (Å²) in [6, 6.07) is 4.02. The normalized spacial score (nSPS) is 10.9. The van der Waals surface area contributed by atoms with Crippen LogP contribution in [0.25, 0.3) is 10.9 Å². The van der Waals surface area contributed by atoms with Gasteiger partial charge in [-0.2, -0.15) is 0 Å². The molecule has 0 aliphatic carbocycles. The first kappa shape index (κ1) is 10.6. The minimum atomic E-state index is 0.792. The Hall–Kier alpha value is 0.130. The van der Waals surface area contributed by atoms with Gasteiger partial charge in [0.1, 0.15) is 0 Å². The Bertz CT molecular complexity index is 513. The van der Waals surface area contributed by atoms with Gasteiger partial charge in [0, 0.05) is 19.6 Å². The maximum absolute atomic E-state index is 6.24. The van der Waals surface area contributed by atoms with Crippen molar-refractivity contribution in [1.29, 1.82) is 0 Å². The minimum Gasteiger partial charge on any atom is -0.255 e. The van der Waals surface area contributed by atoms with Crippen LogP contribution in [0.1, 0.15) is 5.56 Å². The number of hydrogen-bond donors (Lipinski definition) is 0. The molecule has 4 heteroatoms. The van der Waals surface area contributed by atoms with E-state index in [-0.39, 0.29) is 0 Å². The molecule has 14 heavy (non-hydrogen) atoms. The molecule has 1 heterocycles. The van der Waals surface area contributed by atoms with E-state index in [1.807, 2.05) is 19.1 Å². The van der Waals surface area contributed by atoms with Crippen molar-refractivity contribution < 1.29 is 0 Å². The molecule has 0 saturated heterocycles. The lowest BCUT2D eigenvalue weighted by molar-refractivity contribution is 1.32. The van der Waals surface area contributed by atoms with Crippen molar-refractivity contribution in [2.75, 3.05) is 0 Å². The second kappa shape index (κ2) is 3.94. The molecule has 0 unspecified atom stereocenters. The summed E-state index contributed by atoms with van der Waals surface area (Å²) in [5.74, 6) is 0. The number of benzene rings is 1. The summed E-state index contributed by atoms with van der Waals surface area (Å²) < 4.78 is 2.11. The Kier molecular flexibility index (Phi) is 3.00. The Morgan fingerprint density at radius 2 is 2.14 bits per heavy atom. The van der Waals surface area contributed by atoms with Crippen molar-refractivity contribution in [2.45, 2.75) is 6.92 Å². The summed E-state index contributed by atoms with van der Waals surface area (Å²) in [5.41, 5.74) is 1.93. The summed E-state index contributed by atoms with van der Waals surface area (Å²) in [4.78, 5) is 4.37. The van der Waals surface area contributed by atoms with Crippen molar-refractivity contribution in [1.82, 2.24) is 4.98 Å². The predicted molar refractivity (Wildman–Crippen MR) is 71.9 cm³/mol. The molecule has 72 valence electrons. The smallest absolute Gasteiger partial charge is 0.0869 e. The molecule has 2 rings (SSSR count). The van der Waals surface area contributed by atoms with Crippen LogP contribution in [-0.2, 0) is 0 Å². The molecule has 0 spiro atoms. The molecule has 0 amide bonds. The van der Waals surface area contributed by atoms with E-state index in [0.29, 0.717) is 0 Å². The van der Waals surface area contributed by atoms with E-state index in [1.165, 1.54) is 0 Å². The highest BCUT2D eigenvalue weighted by Crippen LogP contribution is 2.33. The number of hydrogen-bond acceptors (Lipinski definition) is 1. The van der Waals surface area contributed by atoms with Crippen LogP contribution in [0.3, 0.4) is 0 Å². The van der Waals surface area contributed by atoms with Gasteiger partial charge in [-0.1, -0.05) is 11.6 Å². The Labute approximate surface area is 109 Å². The van der Waals surface area contributed by atoms with Crippen molar-refractivity contribution in [3.63, 3.8) is 0 Å². The van der Waals surface area contributed by atoms with Crippen molar-refractivity contribution in [3.8, 4) is 0 Å². The van der Waals surface area contributed by atoms with Gasteiger partial charge in [-0.15, -0.1) is 0 Å². The van der Waals surface area contributed by atoms with Crippen molar-refractivity contribution >= 4 is 61.0 Å². The fraction of sp³-hybridized carbons (Fsp3) is 0.100. The molecule has 0 fully saturated rings. The molecule has 0 N–H and O–H groups in total. The minimum absolute atomic E-state index is 0.792. The molecule has 1 aromatic carbocycles. The van der Waals surface area contributed by atoms with Gasteiger partial charge in [0.25, 0.3) is 0 Å². The Morgan fingerprint density at radius 1 is 1.43 bits per heavy atom. The van der Waals surface area contributed by atoms with E-state index in [2.05, 4.69) is 43.5 Å². The van der Waals surface area contributed by atoms with Crippen LogP contribution in [-0.4, -0.2) is 4.98 Å². The average molecular weight is 382 g/mol. The van der Waals surface area contributed by atoms with E-state index in [1.54, 1.807) is 6.20 Å². The van der Waals surface area contributed by atoms with E-state index < -0.39 is 0 Å². The molecule has 1 nitrogen and oxygen atoms in total. The second-order valence-corrected chi connectivity index (χ2v) is 5.40. The van der Waals surface area contributed by atoms with Crippen LogP contribution < -0.4 is 0 Å². The van der Waals surface area contributed by atoms with E-state index in [4.69, 9.17) is 11.6 Å². The van der Waals surface area contributed by atoms with E-state index >= 15 is 0 Å². The van der Waals surface area contributed by atoms with E-state index in [9.17, 15) is 0 Å². The highest BCUT2D eigenvalue weighted by Gasteiger charge is 2.09. The molecule has 0 aliphatic rings. The molecule has 0 saturated carbocycles. The standard InChI is InChI=1S/C10H6BrClIN/c1-5-4-14-10-6(11)2-3-7(13)8(10)9(5)12/h2-4H,1H3. The van der Waals surface area contributed by atoms with Crippen LogP contribution in [0.15, 0.2) is 22.8 Å².